The van der Waals surface area contributed by atoms with Gasteiger partial charge < -0.3 is 14.7 Å². The number of fused-ring (bicyclic) bond motifs is 1. The number of amides is 1. The second kappa shape index (κ2) is 6.45. The van der Waals surface area contributed by atoms with E-state index in [-0.39, 0.29) is 25.6 Å². The van der Waals surface area contributed by atoms with E-state index in [1.165, 1.54) is 11.0 Å². The maximum atomic E-state index is 12.4. The molecule has 0 saturated carbocycles. The normalized spacial score (nSPS) is 12.7. The minimum Gasteiger partial charge on any atom is -0.488 e. The number of benzene rings is 1. The fourth-order valence-corrected chi connectivity index (χ4v) is 2.19. The smallest absolute Gasteiger partial charge is 0.323 e. The SMILES string of the molecule is C=CCN(CC(=O)O)C(=O)C1=Cc2cc(Cl)ccc2OC1. The van der Waals surface area contributed by atoms with E-state index < -0.39 is 5.97 Å². The minimum atomic E-state index is -1.08. The molecule has 110 valence electrons. The van der Waals surface area contributed by atoms with Crippen molar-refractivity contribution in [1.29, 1.82) is 0 Å². The van der Waals surface area contributed by atoms with E-state index in [2.05, 4.69) is 6.58 Å². The Bertz CT molecular complexity index is 624. The topological polar surface area (TPSA) is 66.8 Å². The van der Waals surface area contributed by atoms with Gasteiger partial charge in [-0.05, 0) is 24.3 Å². The first-order valence-electron chi connectivity index (χ1n) is 6.26. The van der Waals surface area contributed by atoms with Crippen molar-refractivity contribution >= 4 is 29.6 Å². The standard InChI is InChI=1S/C15H14ClNO4/c1-2-5-17(8-14(18)19)15(20)11-6-10-7-12(16)3-4-13(10)21-9-11/h2-4,6-7H,1,5,8-9H2,(H,18,19). The highest BCUT2D eigenvalue weighted by Gasteiger charge is 2.23. The van der Waals surface area contributed by atoms with Crippen LogP contribution < -0.4 is 4.74 Å². The van der Waals surface area contributed by atoms with Gasteiger partial charge >= 0.3 is 5.97 Å². The van der Waals surface area contributed by atoms with Crippen LogP contribution in [0.3, 0.4) is 0 Å². The number of carboxylic acids is 1. The molecule has 0 spiro atoms. The largest absolute Gasteiger partial charge is 0.488 e. The number of hydrogen-bond donors (Lipinski definition) is 1. The van der Waals surface area contributed by atoms with Crippen LogP contribution in [0, 0.1) is 0 Å². The van der Waals surface area contributed by atoms with Crippen LogP contribution >= 0.6 is 11.6 Å². The van der Waals surface area contributed by atoms with Crippen molar-refractivity contribution in [2.75, 3.05) is 19.7 Å². The molecule has 21 heavy (non-hydrogen) atoms. The molecule has 0 atom stereocenters. The number of nitrogens with zero attached hydrogens (tertiary/aromatic N) is 1. The van der Waals surface area contributed by atoms with Gasteiger partial charge in [-0.1, -0.05) is 17.7 Å². The lowest BCUT2D eigenvalue weighted by atomic mass is 10.1. The van der Waals surface area contributed by atoms with Crippen molar-refractivity contribution in [3.8, 4) is 5.75 Å². The molecular formula is C15H14ClNO4. The van der Waals surface area contributed by atoms with Crippen LogP contribution in [-0.2, 0) is 9.59 Å². The van der Waals surface area contributed by atoms with Gasteiger partial charge in [-0.15, -0.1) is 6.58 Å². The third-order valence-corrected chi connectivity index (χ3v) is 3.16. The van der Waals surface area contributed by atoms with E-state index in [1.807, 2.05) is 0 Å². The highest BCUT2D eigenvalue weighted by Crippen LogP contribution is 2.29. The molecule has 1 aliphatic rings. The summed E-state index contributed by atoms with van der Waals surface area (Å²) in [5, 5.41) is 9.39. The number of hydrogen-bond acceptors (Lipinski definition) is 3. The number of ether oxygens (including phenoxy) is 1. The Hall–Kier alpha value is -2.27. The van der Waals surface area contributed by atoms with Crippen LogP contribution in [0.4, 0.5) is 0 Å². The summed E-state index contributed by atoms with van der Waals surface area (Å²) in [6, 6.07) is 5.13. The van der Waals surface area contributed by atoms with Crippen molar-refractivity contribution in [2.45, 2.75) is 0 Å². The van der Waals surface area contributed by atoms with E-state index in [1.54, 1.807) is 24.3 Å². The first-order chi connectivity index (χ1) is 10.0. The van der Waals surface area contributed by atoms with Crippen LogP contribution in [0.25, 0.3) is 6.08 Å². The van der Waals surface area contributed by atoms with E-state index >= 15 is 0 Å². The van der Waals surface area contributed by atoms with Crippen LogP contribution in [0.15, 0.2) is 36.4 Å². The molecule has 0 saturated heterocycles. The Kier molecular flexibility index (Phi) is 4.65. The second-order valence-electron chi connectivity index (χ2n) is 4.51. The number of halogens is 1. The van der Waals surface area contributed by atoms with Crippen molar-refractivity contribution in [3.05, 3.63) is 47.0 Å². The third-order valence-electron chi connectivity index (χ3n) is 2.92. The van der Waals surface area contributed by atoms with Gasteiger partial charge in [0.15, 0.2) is 0 Å². The molecule has 1 heterocycles. The average molecular weight is 308 g/mol. The van der Waals surface area contributed by atoms with Gasteiger partial charge in [0.25, 0.3) is 5.91 Å². The summed E-state index contributed by atoms with van der Waals surface area (Å²) in [4.78, 5) is 24.4. The number of carbonyl (C=O) groups is 2. The Morgan fingerprint density at radius 3 is 2.90 bits per heavy atom. The van der Waals surface area contributed by atoms with Crippen LogP contribution in [-0.4, -0.2) is 41.6 Å². The van der Waals surface area contributed by atoms with Gasteiger partial charge in [-0.25, -0.2) is 0 Å². The van der Waals surface area contributed by atoms with Crippen molar-refractivity contribution < 1.29 is 19.4 Å². The molecule has 0 radical (unpaired) electrons. The van der Waals surface area contributed by atoms with Crippen LogP contribution in [0.5, 0.6) is 5.75 Å². The minimum absolute atomic E-state index is 0.0979. The molecule has 0 aliphatic carbocycles. The predicted octanol–water partition coefficient (Wildman–Crippen LogP) is 2.21. The molecule has 1 amide bonds. The fourth-order valence-electron chi connectivity index (χ4n) is 2.01. The molecule has 1 N–H and O–H groups in total. The van der Waals surface area contributed by atoms with Crippen molar-refractivity contribution in [2.24, 2.45) is 0 Å². The Morgan fingerprint density at radius 1 is 1.48 bits per heavy atom. The van der Waals surface area contributed by atoms with Gasteiger partial charge in [0, 0.05) is 17.1 Å². The maximum absolute atomic E-state index is 12.4. The molecule has 2 rings (SSSR count). The summed E-state index contributed by atoms with van der Waals surface area (Å²) >= 11 is 5.91. The lowest BCUT2D eigenvalue weighted by Gasteiger charge is -2.23. The van der Waals surface area contributed by atoms with E-state index in [4.69, 9.17) is 21.4 Å². The maximum Gasteiger partial charge on any atom is 0.323 e. The van der Waals surface area contributed by atoms with Crippen LogP contribution in [0.2, 0.25) is 5.02 Å². The lowest BCUT2D eigenvalue weighted by molar-refractivity contribution is -0.142. The van der Waals surface area contributed by atoms with Gasteiger partial charge in [0.2, 0.25) is 0 Å². The van der Waals surface area contributed by atoms with Crippen molar-refractivity contribution in [1.82, 2.24) is 4.90 Å². The molecule has 5 nitrogen and oxygen atoms in total. The summed E-state index contributed by atoms with van der Waals surface area (Å²) in [5.74, 6) is -0.821. The molecule has 0 bridgehead atoms. The van der Waals surface area contributed by atoms with E-state index in [0.29, 0.717) is 21.9 Å². The fraction of sp³-hybridized carbons (Fsp3) is 0.200. The van der Waals surface area contributed by atoms with Gasteiger partial charge in [-0.2, -0.15) is 0 Å². The molecular weight excluding hydrogens is 294 g/mol. The highest BCUT2D eigenvalue weighted by atomic mass is 35.5. The van der Waals surface area contributed by atoms with Gasteiger partial charge in [0.05, 0.1) is 5.57 Å². The summed E-state index contributed by atoms with van der Waals surface area (Å²) in [7, 11) is 0. The predicted molar refractivity (Wildman–Crippen MR) is 79.3 cm³/mol. The van der Waals surface area contributed by atoms with E-state index in [9.17, 15) is 9.59 Å². The second-order valence-corrected chi connectivity index (χ2v) is 4.94. The van der Waals surface area contributed by atoms with Gasteiger partial charge in [0.1, 0.15) is 18.9 Å². The molecule has 6 heteroatoms. The summed E-state index contributed by atoms with van der Waals surface area (Å²) in [6.45, 7) is 3.40. The average Bonchev–Trinajstić information content (AvgIpc) is 2.44. The van der Waals surface area contributed by atoms with Crippen LogP contribution in [0.1, 0.15) is 5.56 Å². The summed E-state index contributed by atoms with van der Waals surface area (Å²) in [5.41, 5.74) is 1.08. The molecule has 1 aromatic rings. The zero-order chi connectivity index (χ0) is 15.4. The molecule has 0 unspecified atom stereocenters. The number of rotatable bonds is 5. The zero-order valence-electron chi connectivity index (χ0n) is 11.2. The Labute approximate surface area is 127 Å². The first-order valence-corrected chi connectivity index (χ1v) is 6.64. The molecule has 0 fully saturated rings. The Morgan fingerprint density at radius 2 is 2.24 bits per heavy atom. The van der Waals surface area contributed by atoms with Crippen molar-refractivity contribution in [3.63, 3.8) is 0 Å². The first kappa shape index (κ1) is 15.1. The van der Waals surface area contributed by atoms with Gasteiger partial charge in [-0.3, -0.25) is 9.59 Å². The quantitative estimate of drug-likeness (QED) is 0.847. The summed E-state index contributed by atoms with van der Waals surface area (Å²) < 4.78 is 5.50. The highest BCUT2D eigenvalue weighted by molar-refractivity contribution is 6.30. The number of aliphatic carboxylic acids is 1. The number of carboxylic acid groups (broad SMARTS) is 1. The van der Waals surface area contributed by atoms with E-state index in [0.717, 1.165) is 0 Å². The molecule has 1 aliphatic heterocycles. The third kappa shape index (κ3) is 3.64. The molecule has 1 aromatic carbocycles. The lowest BCUT2D eigenvalue weighted by Crippen LogP contribution is -2.38. The number of carbonyl (C=O) groups excluding carboxylic acids is 1. The summed E-state index contributed by atoms with van der Waals surface area (Å²) in [6.07, 6.45) is 3.15. The monoisotopic (exact) mass is 307 g/mol. The zero-order valence-corrected chi connectivity index (χ0v) is 12.0. The molecule has 0 aromatic heterocycles. The Balaban J connectivity index is 2.26.